The van der Waals surface area contributed by atoms with Crippen molar-refractivity contribution in [2.24, 2.45) is 0 Å². The van der Waals surface area contributed by atoms with Gasteiger partial charge in [-0.25, -0.2) is 4.98 Å². The molecule has 0 spiro atoms. The number of rotatable bonds is 4. The highest BCUT2D eigenvalue weighted by Gasteiger charge is 2.31. The van der Waals surface area contributed by atoms with Crippen molar-refractivity contribution in [2.45, 2.75) is 18.6 Å². The second-order valence-electron chi connectivity index (χ2n) is 3.67. The van der Waals surface area contributed by atoms with Gasteiger partial charge in [0.15, 0.2) is 0 Å². The predicted molar refractivity (Wildman–Crippen MR) is 50.7 cm³/mol. The van der Waals surface area contributed by atoms with Crippen LogP contribution in [0.15, 0.2) is 12.4 Å². The molecular formula is C9H15N3O2. The fraction of sp³-hybridized carbons (Fsp3) is 0.667. The predicted octanol–water partition coefficient (Wildman–Crippen LogP) is -0.349. The lowest BCUT2D eigenvalue weighted by Gasteiger charge is -2.20. The number of H-pyrrole nitrogens is 1. The molecule has 1 atom stereocenters. The van der Waals surface area contributed by atoms with Gasteiger partial charge in [-0.05, 0) is 0 Å². The fourth-order valence-electron chi connectivity index (χ4n) is 1.54. The molecule has 3 N–H and O–H groups in total. The molecule has 0 amide bonds. The smallest absolute Gasteiger partial charge is 0.120 e. The van der Waals surface area contributed by atoms with E-state index in [9.17, 15) is 5.11 Å². The minimum Gasteiger partial charge on any atom is -0.386 e. The van der Waals surface area contributed by atoms with Crippen LogP contribution in [0.25, 0.3) is 0 Å². The maximum absolute atomic E-state index is 9.90. The highest BCUT2D eigenvalue weighted by Crippen LogP contribution is 2.16. The number of imidazole rings is 1. The van der Waals surface area contributed by atoms with Gasteiger partial charge in [-0.1, -0.05) is 0 Å². The second kappa shape index (κ2) is 4.08. The molecule has 78 valence electrons. The van der Waals surface area contributed by atoms with Crippen LogP contribution in [0.4, 0.5) is 0 Å². The Morgan fingerprint density at radius 1 is 1.71 bits per heavy atom. The van der Waals surface area contributed by atoms with Crippen LogP contribution < -0.4 is 5.32 Å². The minimum atomic E-state index is -0.688. The van der Waals surface area contributed by atoms with E-state index in [0.29, 0.717) is 32.7 Å². The van der Waals surface area contributed by atoms with Crippen molar-refractivity contribution in [1.82, 2.24) is 15.3 Å². The lowest BCUT2D eigenvalue weighted by molar-refractivity contribution is 0.0267. The molecule has 1 aliphatic rings. The molecule has 5 heteroatoms. The Labute approximate surface area is 82.5 Å². The lowest BCUT2D eigenvalue weighted by Crippen LogP contribution is -2.40. The number of nitrogens with zero attached hydrogens (tertiary/aromatic N) is 1. The summed E-state index contributed by atoms with van der Waals surface area (Å²) in [7, 11) is 0. The van der Waals surface area contributed by atoms with Crippen LogP contribution in [0.2, 0.25) is 0 Å². The van der Waals surface area contributed by atoms with E-state index in [2.05, 4.69) is 15.3 Å². The third kappa shape index (κ3) is 2.31. The van der Waals surface area contributed by atoms with Crippen LogP contribution in [0.3, 0.4) is 0 Å². The van der Waals surface area contributed by atoms with E-state index in [4.69, 9.17) is 4.74 Å². The van der Waals surface area contributed by atoms with Crippen molar-refractivity contribution < 1.29 is 9.84 Å². The summed E-state index contributed by atoms with van der Waals surface area (Å²) in [6, 6.07) is 0. The van der Waals surface area contributed by atoms with Crippen molar-refractivity contribution in [3.63, 3.8) is 0 Å². The van der Waals surface area contributed by atoms with Gasteiger partial charge in [0.2, 0.25) is 0 Å². The maximum Gasteiger partial charge on any atom is 0.120 e. The molecule has 1 aromatic heterocycles. The second-order valence-corrected chi connectivity index (χ2v) is 3.67. The Morgan fingerprint density at radius 3 is 3.29 bits per heavy atom. The first-order valence-corrected chi connectivity index (χ1v) is 4.78. The number of aromatic nitrogens is 2. The number of aliphatic hydroxyl groups is 1. The average Bonchev–Trinajstić information content (AvgIpc) is 2.77. The molecule has 0 saturated carbocycles. The molecule has 14 heavy (non-hydrogen) atoms. The topological polar surface area (TPSA) is 70.2 Å². The number of aromatic amines is 1. The molecule has 2 rings (SSSR count). The highest BCUT2D eigenvalue weighted by molar-refractivity contribution is 4.89. The zero-order valence-corrected chi connectivity index (χ0v) is 7.99. The van der Waals surface area contributed by atoms with Gasteiger partial charge in [0.25, 0.3) is 0 Å². The van der Waals surface area contributed by atoms with Gasteiger partial charge in [0, 0.05) is 32.0 Å². The molecule has 1 aliphatic heterocycles. The quantitative estimate of drug-likeness (QED) is 0.617. The van der Waals surface area contributed by atoms with Gasteiger partial charge in [-0.3, -0.25) is 0 Å². The normalized spacial score (nSPS) is 26.9. The van der Waals surface area contributed by atoms with Crippen LogP contribution in [0, 0.1) is 0 Å². The molecule has 1 unspecified atom stereocenters. The van der Waals surface area contributed by atoms with E-state index in [0.717, 1.165) is 5.82 Å². The Kier molecular flexibility index (Phi) is 2.81. The van der Waals surface area contributed by atoms with Crippen LogP contribution in [-0.4, -0.2) is 40.4 Å². The summed E-state index contributed by atoms with van der Waals surface area (Å²) in [5.41, 5.74) is -0.688. The van der Waals surface area contributed by atoms with Crippen LogP contribution in [-0.2, 0) is 11.3 Å². The van der Waals surface area contributed by atoms with Gasteiger partial charge in [-0.15, -0.1) is 0 Å². The minimum absolute atomic E-state index is 0.429. The van der Waals surface area contributed by atoms with Gasteiger partial charge < -0.3 is 20.1 Å². The number of hydrogen-bond acceptors (Lipinski definition) is 4. The fourth-order valence-corrected chi connectivity index (χ4v) is 1.54. The summed E-state index contributed by atoms with van der Waals surface area (Å²) in [5, 5.41) is 13.0. The van der Waals surface area contributed by atoms with E-state index in [-0.39, 0.29) is 0 Å². The number of ether oxygens (including phenoxy) is 1. The summed E-state index contributed by atoms with van der Waals surface area (Å²) in [4.78, 5) is 7.06. The summed E-state index contributed by atoms with van der Waals surface area (Å²) in [5.74, 6) is 0.882. The van der Waals surface area contributed by atoms with Gasteiger partial charge in [0.1, 0.15) is 11.4 Å². The third-order valence-corrected chi connectivity index (χ3v) is 2.38. The van der Waals surface area contributed by atoms with Crippen LogP contribution >= 0.6 is 0 Å². The van der Waals surface area contributed by atoms with E-state index in [1.165, 1.54) is 0 Å². The molecular weight excluding hydrogens is 182 g/mol. The first-order chi connectivity index (χ1) is 6.79. The van der Waals surface area contributed by atoms with E-state index < -0.39 is 5.60 Å². The van der Waals surface area contributed by atoms with Crippen molar-refractivity contribution in [3.05, 3.63) is 18.2 Å². The van der Waals surface area contributed by atoms with Crippen molar-refractivity contribution in [2.75, 3.05) is 19.8 Å². The highest BCUT2D eigenvalue weighted by atomic mass is 16.5. The molecule has 0 aromatic carbocycles. The Bertz CT molecular complexity index is 268. The zero-order valence-electron chi connectivity index (χ0n) is 7.99. The van der Waals surface area contributed by atoms with E-state index >= 15 is 0 Å². The van der Waals surface area contributed by atoms with Crippen molar-refractivity contribution in [1.29, 1.82) is 0 Å². The molecule has 2 heterocycles. The van der Waals surface area contributed by atoms with Crippen LogP contribution in [0.1, 0.15) is 12.2 Å². The first-order valence-electron chi connectivity index (χ1n) is 4.78. The molecule has 0 radical (unpaired) electrons. The number of hydrogen-bond donors (Lipinski definition) is 3. The Morgan fingerprint density at radius 2 is 2.64 bits per heavy atom. The standard InChI is InChI=1S/C9H15N3O2/c13-9(1-4-14-7-9)6-10-5-8-11-2-3-12-8/h2-3,10,13H,1,4-7H2,(H,11,12). The lowest BCUT2D eigenvalue weighted by atomic mass is 10.0. The number of nitrogens with one attached hydrogen (secondary N) is 2. The Balaban J connectivity index is 1.72. The summed E-state index contributed by atoms with van der Waals surface area (Å²) < 4.78 is 5.13. The molecule has 0 aliphatic carbocycles. The van der Waals surface area contributed by atoms with Crippen molar-refractivity contribution in [3.8, 4) is 0 Å². The van der Waals surface area contributed by atoms with E-state index in [1.54, 1.807) is 12.4 Å². The van der Waals surface area contributed by atoms with Crippen molar-refractivity contribution >= 4 is 0 Å². The summed E-state index contributed by atoms with van der Waals surface area (Å²) >= 11 is 0. The molecule has 0 bridgehead atoms. The van der Waals surface area contributed by atoms with Gasteiger partial charge >= 0.3 is 0 Å². The van der Waals surface area contributed by atoms with Gasteiger partial charge in [-0.2, -0.15) is 0 Å². The van der Waals surface area contributed by atoms with E-state index in [1.807, 2.05) is 0 Å². The molecule has 1 aromatic rings. The summed E-state index contributed by atoms with van der Waals surface area (Å²) in [6.07, 6.45) is 4.20. The molecule has 1 fully saturated rings. The third-order valence-electron chi connectivity index (χ3n) is 2.38. The SMILES string of the molecule is OC1(CNCc2ncc[nH]2)CCOC1. The Hall–Kier alpha value is -0.910. The van der Waals surface area contributed by atoms with Gasteiger partial charge in [0.05, 0.1) is 13.2 Å². The van der Waals surface area contributed by atoms with Crippen LogP contribution in [0.5, 0.6) is 0 Å². The zero-order chi connectivity index (χ0) is 9.86. The first kappa shape index (κ1) is 9.64. The largest absolute Gasteiger partial charge is 0.386 e. The maximum atomic E-state index is 9.90. The molecule has 5 nitrogen and oxygen atoms in total. The molecule has 1 saturated heterocycles. The monoisotopic (exact) mass is 197 g/mol. The average molecular weight is 197 g/mol. The summed E-state index contributed by atoms with van der Waals surface area (Å²) in [6.45, 7) is 2.28.